The number of amides is 2. The molecule has 0 aromatic heterocycles. The first-order valence-electron chi connectivity index (χ1n) is 10.2. The van der Waals surface area contributed by atoms with Gasteiger partial charge < -0.3 is 24.0 Å². The van der Waals surface area contributed by atoms with Crippen LogP contribution in [0.25, 0.3) is 0 Å². The van der Waals surface area contributed by atoms with Crippen molar-refractivity contribution in [1.29, 1.82) is 0 Å². The van der Waals surface area contributed by atoms with E-state index in [0.29, 0.717) is 75.2 Å². The van der Waals surface area contributed by atoms with E-state index in [-0.39, 0.29) is 11.8 Å². The predicted octanol–water partition coefficient (Wildman–Crippen LogP) is 2.97. The molecule has 0 bridgehead atoms. The SMILES string of the molecule is CCOc1cc(C(=O)N2CCCN(C(=O)CC)CC2)cc(OCC)c1OCC. The minimum atomic E-state index is -0.0873. The van der Waals surface area contributed by atoms with Gasteiger partial charge in [0.2, 0.25) is 11.7 Å². The first-order valence-corrected chi connectivity index (χ1v) is 10.2. The van der Waals surface area contributed by atoms with Crippen molar-refractivity contribution in [3.8, 4) is 17.2 Å². The molecule has 28 heavy (non-hydrogen) atoms. The van der Waals surface area contributed by atoms with E-state index in [1.807, 2.05) is 32.6 Å². The monoisotopic (exact) mass is 392 g/mol. The molecule has 0 spiro atoms. The fourth-order valence-electron chi connectivity index (χ4n) is 3.29. The second kappa shape index (κ2) is 10.8. The van der Waals surface area contributed by atoms with Gasteiger partial charge in [-0.2, -0.15) is 0 Å². The molecule has 1 aromatic rings. The van der Waals surface area contributed by atoms with Gasteiger partial charge in [0.15, 0.2) is 11.5 Å². The van der Waals surface area contributed by atoms with E-state index in [0.717, 1.165) is 6.42 Å². The largest absolute Gasteiger partial charge is 0.490 e. The molecule has 0 unspecified atom stereocenters. The van der Waals surface area contributed by atoms with Crippen molar-refractivity contribution < 1.29 is 23.8 Å². The van der Waals surface area contributed by atoms with Gasteiger partial charge in [-0.05, 0) is 39.3 Å². The molecule has 0 radical (unpaired) electrons. The Balaban J connectivity index is 2.27. The summed E-state index contributed by atoms with van der Waals surface area (Å²) in [5, 5.41) is 0. The number of hydrogen-bond acceptors (Lipinski definition) is 5. The number of rotatable bonds is 8. The van der Waals surface area contributed by atoms with E-state index < -0.39 is 0 Å². The van der Waals surface area contributed by atoms with Gasteiger partial charge >= 0.3 is 0 Å². The summed E-state index contributed by atoms with van der Waals surface area (Å²) < 4.78 is 17.1. The van der Waals surface area contributed by atoms with E-state index in [9.17, 15) is 9.59 Å². The van der Waals surface area contributed by atoms with Gasteiger partial charge in [0, 0.05) is 38.2 Å². The quantitative estimate of drug-likeness (QED) is 0.680. The lowest BCUT2D eigenvalue weighted by Gasteiger charge is -2.23. The number of carbonyl (C=O) groups excluding carboxylic acids is 2. The highest BCUT2D eigenvalue weighted by Gasteiger charge is 2.25. The smallest absolute Gasteiger partial charge is 0.254 e. The van der Waals surface area contributed by atoms with Crippen molar-refractivity contribution in [1.82, 2.24) is 9.80 Å². The zero-order valence-corrected chi connectivity index (χ0v) is 17.5. The lowest BCUT2D eigenvalue weighted by molar-refractivity contribution is -0.130. The highest BCUT2D eigenvalue weighted by molar-refractivity contribution is 5.95. The van der Waals surface area contributed by atoms with Crippen molar-refractivity contribution in [3.05, 3.63) is 17.7 Å². The molecule has 0 aliphatic carbocycles. The second-order valence-electron chi connectivity index (χ2n) is 6.48. The average molecular weight is 392 g/mol. The molecule has 1 fully saturated rings. The average Bonchev–Trinajstić information content (AvgIpc) is 2.95. The minimum Gasteiger partial charge on any atom is -0.490 e. The zero-order valence-electron chi connectivity index (χ0n) is 17.5. The molecule has 1 aromatic carbocycles. The van der Waals surface area contributed by atoms with Crippen LogP contribution in [-0.4, -0.2) is 67.6 Å². The van der Waals surface area contributed by atoms with Crippen molar-refractivity contribution >= 4 is 11.8 Å². The van der Waals surface area contributed by atoms with Gasteiger partial charge in [-0.15, -0.1) is 0 Å². The molecule has 0 saturated carbocycles. The predicted molar refractivity (Wildman–Crippen MR) is 107 cm³/mol. The Bertz CT molecular complexity index is 650. The molecule has 0 N–H and O–H groups in total. The summed E-state index contributed by atoms with van der Waals surface area (Å²) >= 11 is 0. The molecule has 1 aliphatic rings. The summed E-state index contributed by atoms with van der Waals surface area (Å²) in [6.07, 6.45) is 1.26. The van der Waals surface area contributed by atoms with Gasteiger partial charge in [0.25, 0.3) is 5.91 Å². The van der Waals surface area contributed by atoms with Crippen LogP contribution in [0.5, 0.6) is 17.2 Å². The third-order valence-corrected chi connectivity index (χ3v) is 4.59. The Morgan fingerprint density at radius 2 is 1.36 bits per heavy atom. The molecule has 0 atom stereocenters. The van der Waals surface area contributed by atoms with Gasteiger partial charge in [-0.25, -0.2) is 0 Å². The molecular formula is C21H32N2O5. The molecule has 1 aliphatic heterocycles. The maximum absolute atomic E-state index is 13.2. The number of nitrogens with zero attached hydrogens (tertiary/aromatic N) is 2. The van der Waals surface area contributed by atoms with Crippen LogP contribution in [0.2, 0.25) is 0 Å². The lowest BCUT2D eigenvalue weighted by Crippen LogP contribution is -2.37. The van der Waals surface area contributed by atoms with Gasteiger partial charge in [-0.3, -0.25) is 9.59 Å². The number of ether oxygens (including phenoxy) is 3. The van der Waals surface area contributed by atoms with Crippen LogP contribution in [-0.2, 0) is 4.79 Å². The van der Waals surface area contributed by atoms with E-state index in [4.69, 9.17) is 14.2 Å². The Labute approximate surface area is 167 Å². The van der Waals surface area contributed by atoms with Crippen molar-refractivity contribution in [2.45, 2.75) is 40.5 Å². The summed E-state index contributed by atoms with van der Waals surface area (Å²) in [5.74, 6) is 1.59. The normalized spacial score (nSPS) is 14.4. The van der Waals surface area contributed by atoms with E-state index >= 15 is 0 Å². The summed E-state index contributed by atoms with van der Waals surface area (Å²) in [6.45, 7) is 11.3. The topological polar surface area (TPSA) is 68.3 Å². The van der Waals surface area contributed by atoms with Crippen LogP contribution in [0.3, 0.4) is 0 Å². The van der Waals surface area contributed by atoms with Crippen LogP contribution < -0.4 is 14.2 Å². The first-order chi connectivity index (χ1) is 13.5. The number of hydrogen-bond donors (Lipinski definition) is 0. The van der Waals surface area contributed by atoms with Gasteiger partial charge in [-0.1, -0.05) is 6.92 Å². The number of benzene rings is 1. The maximum atomic E-state index is 13.2. The molecule has 1 heterocycles. The molecule has 2 amide bonds. The Morgan fingerprint density at radius 1 is 0.821 bits per heavy atom. The van der Waals surface area contributed by atoms with Gasteiger partial charge in [0.1, 0.15) is 0 Å². The zero-order chi connectivity index (χ0) is 20.5. The van der Waals surface area contributed by atoms with Crippen molar-refractivity contribution in [3.63, 3.8) is 0 Å². The second-order valence-corrected chi connectivity index (χ2v) is 6.48. The summed E-state index contributed by atoms with van der Waals surface area (Å²) in [5.41, 5.74) is 0.505. The lowest BCUT2D eigenvalue weighted by atomic mass is 10.1. The van der Waals surface area contributed by atoms with Crippen LogP contribution in [0.4, 0.5) is 0 Å². The standard InChI is InChI=1S/C21H32N2O5/c1-5-19(24)22-10-9-11-23(13-12-22)21(25)16-14-17(26-6-2)20(28-8-4)18(15-16)27-7-3/h14-15H,5-13H2,1-4H3. The highest BCUT2D eigenvalue weighted by Crippen LogP contribution is 2.39. The van der Waals surface area contributed by atoms with Crippen LogP contribution >= 0.6 is 0 Å². The Hall–Kier alpha value is -2.44. The summed E-state index contributed by atoms with van der Waals surface area (Å²) in [4.78, 5) is 28.8. The van der Waals surface area contributed by atoms with Crippen LogP contribution in [0.15, 0.2) is 12.1 Å². The fourth-order valence-corrected chi connectivity index (χ4v) is 3.29. The van der Waals surface area contributed by atoms with E-state index in [1.165, 1.54) is 0 Å². The minimum absolute atomic E-state index is 0.0873. The van der Waals surface area contributed by atoms with Crippen molar-refractivity contribution in [2.75, 3.05) is 46.0 Å². The maximum Gasteiger partial charge on any atom is 0.254 e. The Morgan fingerprint density at radius 3 is 1.89 bits per heavy atom. The molecule has 1 saturated heterocycles. The molecule has 7 heteroatoms. The molecule has 2 rings (SSSR count). The third-order valence-electron chi connectivity index (χ3n) is 4.59. The summed E-state index contributed by atoms with van der Waals surface area (Å²) in [7, 11) is 0. The highest BCUT2D eigenvalue weighted by atomic mass is 16.5. The van der Waals surface area contributed by atoms with Gasteiger partial charge in [0.05, 0.1) is 19.8 Å². The van der Waals surface area contributed by atoms with Crippen molar-refractivity contribution in [2.24, 2.45) is 0 Å². The van der Waals surface area contributed by atoms with Crippen LogP contribution in [0.1, 0.15) is 50.9 Å². The summed E-state index contributed by atoms with van der Waals surface area (Å²) in [6, 6.07) is 3.44. The third kappa shape index (κ3) is 5.30. The van der Waals surface area contributed by atoms with Crippen LogP contribution in [0, 0.1) is 0 Å². The van der Waals surface area contributed by atoms with E-state index in [2.05, 4.69) is 0 Å². The Kier molecular flexibility index (Phi) is 8.42. The molecule has 156 valence electrons. The molecular weight excluding hydrogens is 360 g/mol. The first kappa shape index (κ1) is 21.9. The molecule has 7 nitrogen and oxygen atoms in total. The fraction of sp³-hybridized carbons (Fsp3) is 0.619. The van der Waals surface area contributed by atoms with E-state index in [1.54, 1.807) is 17.0 Å². The number of carbonyl (C=O) groups is 2.